The van der Waals surface area contributed by atoms with E-state index in [1.165, 1.54) is 10.8 Å². The number of allylic oxidation sites excluding steroid dienone is 2. The summed E-state index contributed by atoms with van der Waals surface area (Å²) in [7, 11) is 0. The zero-order valence-electron chi connectivity index (χ0n) is 51.3. The van der Waals surface area contributed by atoms with Crippen molar-refractivity contribution in [2.75, 3.05) is 19.6 Å². The molecule has 0 radical (unpaired) electrons. The number of hydrogen-bond acceptors (Lipinski definition) is 6. The molecule has 0 bridgehead atoms. The number of aromatic nitrogens is 2. The summed E-state index contributed by atoms with van der Waals surface area (Å²) in [5, 5.41) is 4.68. The highest BCUT2D eigenvalue weighted by Gasteiger charge is 2.24. The molecular weight excluding hydrogens is 1140 g/mol. The van der Waals surface area contributed by atoms with Crippen LogP contribution in [0.4, 0.5) is 56.9 Å². The van der Waals surface area contributed by atoms with Crippen LogP contribution in [0.3, 0.4) is 0 Å². The first kappa shape index (κ1) is 56.4. The molecule has 0 aliphatic heterocycles. The Morgan fingerprint density at radius 1 is 0.202 bits per heavy atom. The molecular formula is C88H60N6. The fourth-order valence-electron chi connectivity index (χ4n) is 12.8. The van der Waals surface area contributed by atoms with Crippen LogP contribution in [0.15, 0.2) is 387 Å². The molecule has 0 N–H and O–H groups in total. The van der Waals surface area contributed by atoms with Crippen molar-refractivity contribution in [2.24, 2.45) is 0 Å². The zero-order valence-corrected chi connectivity index (χ0v) is 51.3. The van der Waals surface area contributed by atoms with Gasteiger partial charge < -0.3 is 19.6 Å². The highest BCUT2D eigenvalue weighted by molar-refractivity contribution is 6.05. The molecule has 0 unspecified atom stereocenters. The van der Waals surface area contributed by atoms with E-state index >= 15 is 0 Å². The molecule has 6 nitrogen and oxygen atoms in total. The van der Waals surface area contributed by atoms with Crippen LogP contribution in [0.2, 0.25) is 0 Å². The molecule has 16 rings (SSSR count). The summed E-state index contributed by atoms with van der Waals surface area (Å²) < 4.78 is 0. The second-order valence-electron chi connectivity index (χ2n) is 23.2. The monoisotopic (exact) mass is 1200 g/mol. The minimum absolute atomic E-state index is 0.763. The molecule has 0 saturated carbocycles. The minimum Gasteiger partial charge on any atom is -0.311 e. The molecule has 6 heteroatoms. The van der Waals surface area contributed by atoms with E-state index in [1.54, 1.807) is 0 Å². The average molecular weight is 1200 g/mol. The molecule has 15 aromatic rings. The molecule has 0 fully saturated rings. The van der Waals surface area contributed by atoms with Crippen LogP contribution in [-0.2, 0) is 0 Å². The first-order valence-corrected chi connectivity index (χ1v) is 31.7. The van der Waals surface area contributed by atoms with Gasteiger partial charge in [-0.15, -0.1) is 0 Å². The number of rotatable bonds is 16. The van der Waals surface area contributed by atoms with Crippen LogP contribution in [-0.4, -0.2) is 9.97 Å². The standard InChI is InChI=1S/C88H60N6/c1-7-27-71(28-8-1)91(72-29-9-2-10-30-72)79-51-55-81(56-52-79)93(75-35-15-5-16-36-75)77-47-43-65(44-48-77)85-86(90-88-84(70-42-40-64-24-20-22-26-68(64)62-70)60-59-83(87(88)89-85)69-41-39-63-23-19-21-25-67(63)61-69)66-45-49-78(50-46-66)94(76-37-17-6-18-38-76)82-57-53-80(54-58-82)92(73-31-11-3-12-32-73)74-33-13-4-14-34-74/h1-53,55-57,59-62H. The lowest BCUT2D eigenvalue weighted by molar-refractivity contribution is 1.18. The third kappa shape index (κ3) is 11.2. The number of para-hydroxylation sites is 6. The lowest BCUT2D eigenvalue weighted by Gasteiger charge is -2.28. The second-order valence-corrected chi connectivity index (χ2v) is 23.2. The lowest BCUT2D eigenvalue weighted by Crippen LogP contribution is -2.18. The van der Waals surface area contributed by atoms with E-state index < -0.39 is 0 Å². The Morgan fingerprint density at radius 2 is 0.447 bits per heavy atom. The van der Waals surface area contributed by atoms with Gasteiger partial charge in [0.1, 0.15) is 0 Å². The van der Waals surface area contributed by atoms with E-state index in [1.807, 2.05) is 12.1 Å². The highest BCUT2D eigenvalue weighted by Crippen LogP contribution is 2.44. The minimum atomic E-state index is 0.763. The summed E-state index contributed by atoms with van der Waals surface area (Å²) in [6, 6.07) is 124. The van der Waals surface area contributed by atoms with Gasteiger partial charge in [0.05, 0.1) is 33.8 Å². The third-order valence-electron chi connectivity index (χ3n) is 17.4. The molecule has 0 saturated heterocycles. The predicted molar refractivity (Wildman–Crippen MR) is 392 cm³/mol. The maximum atomic E-state index is 5.91. The fraction of sp³-hybridized carbons (Fsp3) is 0. The van der Waals surface area contributed by atoms with Gasteiger partial charge in [-0.1, -0.05) is 218 Å². The van der Waals surface area contributed by atoms with Crippen molar-refractivity contribution in [3.8, 4) is 44.8 Å². The normalized spacial score (nSPS) is 11.7. The van der Waals surface area contributed by atoms with Gasteiger partial charge in [-0.3, -0.25) is 0 Å². The number of anilines is 10. The van der Waals surface area contributed by atoms with Crippen molar-refractivity contribution in [1.82, 2.24) is 9.97 Å². The Bertz CT molecular complexity index is 5280. The first-order valence-electron chi connectivity index (χ1n) is 31.7. The second kappa shape index (κ2) is 25.2. The van der Waals surface area contributed by atoms with Gasteiger partial charge in [0.25, 0.3) is 0 Å². The van der Waals surface area contributed by atoms with Crippen molar-refractivity contribution in [1.29, 1.82) is 0 Å². The van der Waals surface area contributed by atoms with Crippen LogP contribution in [0.1, 0.15) is 0 Å². The third-order valence-corrected chi connectivity index (χ3v) is 17.4. The predicted octanol–water partition coefficient (Wildman–Crippen LogP) is 23.6. The van der Waals surface area contributed by atoms with E-state index in [0.29, 0.717) is 0 Å². The average Bonchev–Trinajstić information content (AvgIpc) is 0.762. The molecule has 442 valence electrons. The van der Waals surface area contributed by atoms with Crippen LogP contribution in [0.25, 0.3) is 77.3 Å². The Hall–Kier alpha value is -12.8. The largest absolute Gasteiger partial charge is 0.311 e. The van der Waals surface area contributed by atoms with Gasteiger partial charge in [0, 0.05) is 79.1 Å². The van der Waals surface area contributed by atoms with Gasteiger partial charge in [-0.2, -0.15) is 0 Å². The van der Waals surface area contributed by atoms with Crippen LogP contribution < -0.4 is 19.6 Å². The maximum absolute atomic E-state index is 5.91. The van der Waals surface area contributed by atoms with Gasteiger partial charge in [-0.05, 0) is 190 Å². The molecule has 0 amide bonds. The lowest BCUT2D eigenvalue weighted by atomic mass is 9.94. The van der Waals surface area contributed by atoms with Gasteiger partial charge in [0.2, 0.25) is 0 Å². The molecule has 1 aliphatic carbocycles. The van der Waals surface area contributed by atoms with Crippen molar-refractivity contribution >= 4 is 89.5 Å². The number of benzene rings is 14. The molecule has 0 spiro atoms. The van der Waals surface area contributed by atoms with E-state index in [9.17, 15) is 0 Å². The Morgan fingerprint density at radius 3 is 0.755 bits per heavy atom. The van der Waals surface area contributed by atoms with Crippen molar-refractivity contribution in [2.45, 2.75) is 0 Å². The van der Waals surface area contributed by atoms with E-state index in [-0.39, 0.29) is 0 Å². The van der Waals surface area contributed by atoms with Crippen LogP contribution in [0, 0.1) is 0 Å². The molecule has 1 aromatic heterocycles. The van der Waals surface area contributed by atoms with Gasteiger partial charge in [-0.25, -0.2) is 9.97 Å². The summed E-state index contributed by atoms with van der Waals surface area (Å²) in [5.41, 5.74) is 28.3. The van der Waals surface area contributed by atoms with Crippen molar-refractivity contribution < 1.29 is 0 Å². The highest BCUT2D eigenvalue weighted by atomic mass is 15.2. The van der Waals surface area contributed by atoms with Gasteiger partial charge in [0.15, 0.2) is 0 Å². The molecule has 14 aromatic carbocycles. The quantitative estimate of drug-likeness (QED) is 0.0898. The Kier molecular flexibility index (Phi) is 15.1. The van der Waals surface area contributed by atoms with Crippen LogP contribution in [0.5, 0.6) is 0 Å². The summed E-state index contributed by atoms with van der Waals surface area (Å²) in [4.78, 5) is 20.9. The Labute approximate surface area is 547 Å². The molecule has 1 heterocycles. The van der Waals surface area contributed by atoms with Crippen molar-refractivity contribution in [3.63, 3.8) is 0 Å². The zero-order chi connectivity index (χ0) is 62.6. The fourth-order valence-corrected chi connectivity index (χ4v) is 12.8. The van der Waals surface area contributed by atoms with E-state index in [2.05, 4.69) is 383 Å². The SMILES string of the molecule is C1=C=C(N(c2ccccc2)c2ccc(-c3nc4c(-c5ccc6ccccc6c5)ccc(-c5ccc6ccccc6c5)c4nc3-c3ccc(N(c4ccccc4)c4ccc(N(c5ccccc5)c5ccccc5)cc4)cc3)cc2)C=CC=1N(c1ccccc1)c1ccccc1. The maximum Gasteiger partial charge on any atom is 0.0979 e. The summed E-state index contributed by atoms with van der Waals surface area (Å²) in [5.74, 6) is 0. The first-order chi connectivity index (χ1) is 46.6. The van der Waals surface area contributed by atoms with Crippen LogP contribution >= 0.6 is 0 Å². The summed E-state index contributed by atoms with van der Waals surface area (Å²) in [6.07, 6.45) is 4.25. The number of nitrogens with zero attached hydrogens (tertiary/aromatic N) is 6. The molecule has 94 heavy (non-hydrogen) atoms. The smallest absolute Gasteiger partial charge is 0.0979 e. The van der Waals surface area contributed by atoms with E-state index in [0.717, 1.165) is 135 Å². The van der Waals surface area contributed by atoms with Crippen molar-refractivity contribution in [3.05, 3.63) is 387 Å². The Balaban J connectivity index is 0.853. The topological polar surface area (TPSA) is 38.7 Å². The summed E-state index contributed by atoms with van der Waals surface area (Å²) in [6.45, 7) is 0. The number of fused-ring (bicyclic) bond motifs is 3. The molecule has 1 aliphatic rings. The summed E-state index contributed by atoms with van der Waals surface area (Å²) >= 11 is 0. The number of hydrogen-bond donors (Lipinski definition) is 0. The van der Waals surface area contributed by atoms with Gasteiger partial charge >= 0.3 is 0 Å². The van der Waals surface area contributed by atoms with E-state index in [4.69, 9.17) is 9.97 Å². The molecule has 0 atom stereocenters.